The number of aromatic nitrogens is 1. The van der Waals surface area contributed by atoms with E-state index in [0.717, 1.165) is 16.8 Å². The number of amides is 1. The van der Waals surface area contributed by atoms with Crippen LogP contribution < -0.4 is 5.73 Å². The number of ether oxygens (including phenoxy) is 2. The molecule has 1 saturated heterocycles. The van der Waals surface area contributed by atoms with Gasteiger partial charge in [-0.15, -0.1) is 0 Å². The number of likely N-dealkylation sites (tertiary alicyclic amines) is 1. The molecule has 5 atom stereocenters. The molecule has 7 nitrogen and oxygen atoms in total. The zero-order valence-electron chi connectivity index (χ0n) is 16.5. The lowest BCUT2D eigenvalue weighted by atomic mass is 9.95. The number of alkyl halides is 1. The second-order valence-electron chi connectivity index (χ2n) is 7.49. The van der Waals surface area contributed by atoms with Gasteiger partial charge in [0.25, 0.3) is 0 Å². The average Bonchev–Trinajstić information content (AvgIpc) is 3.24. The Labute approximate surface area is 164 Å². The molecule has 0 bridgehead atoms. The summed E-state index contributed by atoms with van der Waals surface area (Å²) >= 11 is 0. The number of hydrogen-bond acceptors (Lipinski definition) is 5. The number of rotatable bonds is 6. The molecule has 8 heteroatoms. The van der Waals surface area contributed by atoms with Crippen molar-refractivity contribution < 1.29 is 23.5 Å². The summed E-state index contributed by atoms with van der Waals surface area (Å²) in [6, 6.07) is -1.13. The van der Waals surface area contributed by atoms with Crippen LogP contribution in [0.4, 0.5) is 4.39 Å². The van der Waals surface area contributed by atoms with Crippen LogP contribution in [0.5, 0.6) is 0 Å². The minimum Gasteiger partial charge on any atom is -0.460 e. The van der Waals surface area contributed by atoms with Crippen molar-refractivity contribution in [1.82, 2.24) is 9.88 Å². The maximum atomic E-state index is 13.6. The lowest BCUT2D eigenvalue weighted by Crippen LogP contribution is -2.53. The first kappa shape index (κ1) is 20.5. The van der Waals surface area contributed by atoms with Crippen LogP contribution in [0.25, 0.3) is 6.08 Å². The van der Waals surface area contributed by atoms with Gasteiger partial charge in [0.2, 0.25) is 5.91 Å². The van der Waals surface area contributed by atoms with E-state index in [0.29, 0.717) is 25.8 Å². The van der Waals surface area contributed by atoms with Gasteiger partial charge in [0.15, 0.2) is 0 Å². The third kappa shape index (κ3) is 4.12. The molecule has 1 amide bonds. The number of allylic oxidation sites excluding steroid dienone is 1. The van der Waals surface area contributed by atoms with Crippen LogP contribution in [-0.2, 0) is 31.9 Å². The Morgan fingerprint density at radius 3 is 2.89 bits per heavy atom. The van der Waals surface area contributed by atoms with Gasteiger partial charge in [0.05, 0.1) is 12.1 Å². The van der Waals surface area contributed by atoms with Crippen LogP contribution >= 0.6 is 0 Å². The van der Waals surface area contributed by atoms with Crippen molar-refractivity contribution in [1.29, 1.82) is 0 Å². The molecule has 0 aromatic carbocycles. The largest absolute Gasteiger partial charge is 0.460 e. The molecule has 1 aromatic rings. The minimum absolute atomic E-state index is 0.224. The third-order valence-electron chi connectivity index (χ3n) is 5.64. The number of fused-ring (bicyclic) bond motifs is 1. The van der Waals surface area contributed by atoms with Crippen LogP contribution in [-0.4, -0.2) is 65.9 Å². The first-order valence-electron chi connectivity index (χ1n) is 9.59. The average molecular weight is 393 g/mol. The lowest BCUT2D eigenvalue weighted by Gasteiger charge is -2.31. The molecule has 3 N–H and O–H groups in total. The highest BCUT2D eigenvalue weighted by Gasteiger charge is 2.42. The van der Waals surface area contributed by atoms with E-state index < -0.39 is 24.4 Å². The SMILES string of the molecule is CO[C@H](C)[C@H](N)C(=O)N1CC[C@H](OC(C)=O)[C@H]1Cc1c[nH]c2c1C=CC(F)C2. The van der Waals surface area contributed by atoms with E-state index in [9.17, 15) is 14.0 Å². The van der Waals surface area contributed by atoms with Gasteiger partial charge in [-0.05, 0) is 30.5 Å². The van der Waals surface area contributed by atoms with Gasteiger partial charge in [-0.3, -0.25) is 9.59 Å². The number of nitrogens with zero attached hydrogens (tertiary/aromatic N) is 1. The molecule has 1 aliphatic heterocycles. The van der Waals surface area contributed by atoms with Crippen molar-refractivity contribution in [3.05, 3.63) is 29.1 Å². The zero-order chi connectivity index (χ0) is 20.4. The van der Waals surface area contributed by atoms with E-state index >= 15 is 0 Å². The Morgan fingerprint density at radius 2 is 2.21 bits per heavy atom. The van der Waals surface area contributed by atoms with E-state index in [4.69, 9.17) is 15.2 Å². The monoisotopic (exact) mass is 393 g/mol. The zero-order valence-corrected chi connectivity index (χ0v) is 16.5. The quantitative estimate of drug-likeness (QED) is 0.711. The highest BCUT2D eigenvalue weighted by atomic mass is 19.1. The molecule has 2 heterocycles. The van der Waals surface area contributed by atoms with Crippen molar-refractivity contribution in [2.45, 2.75) is 63.6 Å². The predicted molar refractivity (Wildman–Crippen MR) is 102 cm³/mol. The number of aromatic amines is 1. The standard InChI is InChI=1S/C20H28FN3O4/c1-11(27-3)19(22)20(26)24-7-6-18(28-12(2)25)17(24)8-13-10-23-16-9-14(21)4-5-15(13)16/h4-5,10-11,14,17-19,23H,6-9,22H2,1-3H3/t11-,14?,17-,18+,19+/m1/s1. The van der Waals surface area contributed by atoms with Crippen molar-refractivity contribution in [2.75, 3.05) is 13.7 Å². The van der Waals surface area contributed by atoms with Crippen LogP contribution in [0.1, 0.15) is 37.1 Å². The van der Waals surface area contributed by atoms with Crippen molar-refractivity contribution in [2.24, 2.45) is 5.73 Å². The molecule has 3 rings (SSSR count). The van der Waals surface area contributed by atoms with Crippen LogP contribution in [0.3, 0.4) is 0 Å². The maximum Gasteiger partial charge on any atom is 0.302 e. The summed E-state index contributed by atoms with van der Waals surface area (Å²) in [4.78, 5) is 29.3. The molecule has 1 aliphatic carbocycles. The molecular weight excluding hydrogens is 365 g/mol. The summed E-state index contributed by atoms with van der Waals surface area (Å²) in [6.07, 6.45) is 4.69. The molecule has 0 saturated carbocycles. The van der Waals surface area contributed by atoms with Gasteiger partial charge in [0, 0.05) is 45.3 Å². The van der Waals surface area contributed by atoms with Crippen molar-refractivity contribution in [3.8, 4) is 0 Å². The predicted octanol–water partition coefficient (Wildman–Crippen LogP) is 1.36. The summed E-state index contributed by atoms with van der Waals surface area (Å²) in [6.45, 7) is 3.57. The number of halogens is 1. The van der Waals surface area contributed by atoms with Gasteiger partial charge >= 0.3 is 5.97 Å². The number of nitrogens with two attached hydrogens (primary N) is 1. The molecule has 1 aromatic heterocycles. The summed E-state index contributed by atoms with van der Waals surface area (Å²) in [5, 5.41) is 0. The molecule has 1 fully saturated rings. The fourth-order valence-electron chi connectivity index (χ4n) is 3.99. The number of esters is 1. The lowest BCUT2D eigenvalue weighted by molar-refractivity contribution is -0.150. The van der Waals surface area contributed by atoms with Gasteiger partial charge in [-0.2, -0.15) is 0 Å². The van der Waals surface area contributed by atoms with E-state index in [1.807, 2.05) is 6.20 Å². The van der Waals surface area contributed by atoms with Crippen LogP contribution in [0, 0.1) is 0 Å². The van der Waals surface area contributed by atoms with Gasteiger partial charge in [0.1, 0.15) is 18.3 Å². The summed E-state index contributed by atoms with van der Waals surface area (Å²) in [5.74, 6) is -0.604. The second kappa shape index (κ2) is 8.45. The smallest absolute Gasteiger partial charge is 0.302 e. The van der Waals surface area contributed by atoms with Crippen molar-refractivity contribution >= 4 is 18.0 Å². The fraction of sp³-hybridized carbons (Fsp3) is 0.600. The Balaban J connectivity index is 1.84. The maximum absolute atomic E-state index is 13.6. The molecule has 28 heavy (non-hydrogen) atoms. The molecule has 0 spiro atoms. The number of carbonyl (C=O) groups is 2. The molecular formula is C20H28FN3O4. The first-order valence-corrected chi connectivity index (χ1v) is 9.59. The number of methoxy groups -OCH3 is 1. The number of H-pyrrole nitrogens is 1. The topological polar surface area (TPSA) is 97.7 Å². The van der Waals surface area contributed by atoms with E-state index in [1.54, 1.807) is 17.9 Å². The highest BCUT2D eigenvalue weighted by Crippen LogP contribution is 2.30. The van der Waals surface area contributed by atoms with Crippen molar-refractivity contribution in [3.63, 3.8) is 0 Å². The van der Waals surface area contributed by atoms with Gasteiger partial charge in [-0.1, -0.05) is 6.08 Å². The second-order valence-corrected chi connectivity index (χ2v) is 7.49. The Hall–Kier alpha value is -2.19. The van der Waals surface area contributed by atoms with E-state index in [1.165, 1.54) is 20.1 Å². The van der Waals surface area contributed by atoms with E-state index in [-0.39, 0.29) is 17.9 Å². The minimum atomic E-state index is -0.995. The Bertz CT molecular complexity index is 763. The normalized spacial score (nSPS) is 26.0. The first-order chi connectivity index (χ1) is 13.3. The number of carbonyl (C=O) groups excluding carboxylic acids is 2. The third-order valence-corrected chi connectivity index (χ3v) is 5.64. The molecule has 2 aliphatic rings. The van der Waals surface area contributed by atoms with Gasteiger partial charge in [-0.25, -0.2) is 4.39 Å². The summed E-state index contributed by atoms with van der Waals surface area (Å²) < 4.78 is 24.3. The molecule has 1 unspecified atom stereocenters. The highest BCUT2D eigenvalue weighted by molar-refractivity contribution is 5.83. The number of nitrogens with one attached hydrogen (secondary N) is 1. The van der Waals surface area contributed by atoms with Crippen LogP contribution in [0.15, 0.2) is 12.3 Å². The van der Waals surface area contributed by atoms with Gasteiger partial charge < -0.3 is 25.1 Å². The molecule has 154 valence electrons. The van der Waals surface area contributed by atoms with Crippen LogP contribution in [0.2, 0.25) is 0 Å². The number of hydrogen-bond donors (Lipinski definition) is 2. The fourth-order valence-corrected chi connectivity index (χ4v) is 3.99. The Kier molecular flexibility index (Phi) is 6.20. The Morgan fingerprint density at radius 1 is 1.46 bits per heavy atom. The summed E-state index contributed by atoms with van der Waals surface area (Å²) in [5.41, 5.74) is 8.83. The van der Waals surface area contributed by atoms with E-state index in [2.05, 4.69) is 4.98 Å². The molecule has 0 radical (unpaired) electrons. The summed E-state index contributed by atoms with van der Waals surface area (Å²) in [7, 11) is 1.51.